The van der Waals surface area contributed by atoms with Gasteiger partial charge in [0.15, 0.2) is 17.3 Å². The van der Waals surface area contributed by atoms with E-state index in [0.29, 0.717) is 18.0 Å². The van der Waals surface area contributed by atoms with Crippen molar-refractivity contribution in [3.63, 3.8) is 0 Å². The van der Waals surface area contributed by atoms with E-state index in [1.54, 1.807) is 20.5 Å². The number of carbonyl (C=O) groups excluding carboxylic acids is 1. The highest BCUT2D eigenvalue weighted by molar-refractivity contribution is 5.79. The second kappa shape index (κ2) is 10.5. The van der Waals surface area contributed by atoms with Gasteiger partial charge in [0, 0.05) is 44.2 Å². The summed E-state index contributed by atoms with van der Waals surface area (Å²) in [7, 11) is 3.23. The van der Waals surface area contributed by atoms with Crippen LogP contribution in [0.25, 0.3) is 0 Å². The molecule has 0 unspecified atom stereocenters. The molecule has 0 bridgehead atoms. The Morgan fingerprint density at radius 3 is 2.56 bits per heavy atom. The summed E-state index contributed by atoms with van der Waals surface area (Å²) in [5.41, 5.74) is 2.00. The second-order valence-corrected chi connectivity index (χ2v) is 8.41. The molecular weight excluding hydrogens is 406 g/mol. The summed E-state index contributed by atoms with van der Waals surface area (Å²) in [6.45, 7) is 4.18. The lowest BCUT2D eigenvalue weighted by Gasteiger charge is -2.36. The largest absolute Gasteiger partial charge is 0.493 e. The number of methoxy groups -OCH3 is 2. The number of para-hydroxylation sites is 1. The topological polar surface area (TPSA) is 79.8 Å². The van der Waals surface area contributed by atoms with Crippen LogP contribution in [-0.2, 0) is 11.3 Å². The predicted molar refractivity (Wildman–Crippen MR) is 124 cm³/mol. The maximum Gasteiger partial charge on any atom is 0.223 e. The number of nitrogens with one attached hydrogen (secondary N) is 1. The average molecular weight is 440 g/mol. The Morgan fingerprint density at radius 2 is 1.84 bits per heavy atom. The van der Waals surface area contributed by atoms with Gasteiger partial charge >= 0.3 is 0 Å². The third-order valence-corrected chi connectivity index (χ3v) is 6.47. The standard InChI is InChI=1S/C24H33N5O3/c1-31-21-8-6-7-19(22(21)32-2)15-26-24(30)18-9-13-28(14-10-18)20-16-25-17-27-23(20)29-11-4-3-5-12-29/h6-8,16-18H,3-5,9-15H2,1-2H3,(H,26,30). The minimum Gasteiger partial charge on any atom is -0.493 e. The number of piperidine rings is 2. The van der Waals surface area contributed by atoms with Crippen molar-refractivity contribution >= 4 is 17.4 Å². The predicted octanol–water partition coefficient (Wildman–Crippen LogP) is 3.02. The summed E-state index contributed by atoms with van der Waals surface area (Å²) in [5.74, 6) is 2.47. The van der Waals surface area contributed by atoms with Crippen molar-refractivity contribution in [1.29, 1.82) is 0 Å². The maximum absolute atomic E-state index is 12.8. The maximum atomic E-state index is 12.8. The van der Waals surface area contributed by atoms with Gasteiger partial charge in [-0.05, 0) is 38.2 Å². The fourth-order valence-corrected chi connectivity index (χ4v) is 4.69. The molecule has 1 amide bonds. The number of nitrogens with zero attached hydrogens (tertiary/aromatic N) is 4. The number of hydrogen-bond acceptors (Lipinski definition) is 7. The highest BCUT2D eigenvalue weighted by Crippen LogP contribution is 2.32. The summed E-state index contributed by atoms with van der Waals surface area (Å²) in [6.07, 6.45) is 8.91. The lowest BCUT2D eigenvalue weighted by Crippen LogP contribution is -2.41. The Kier molecular flexibility index (Phi) is 7.29. The third kappa shape index (κ3) is 4.89. The molecule has 2 aliphatic heterocycles. The van der Waals surface area contributed by atoms with Gasteiger partial charge in [-0.1, -0.05) is 12.1 Å². The van der Waals surface area contributed by atoms with E-state index in [9.17, 15) is 4.79 Å². The molecule has 0 spiro atoms. The molecule has 3 heterocycles. The first-order valence-electron chi connectivity index (χ1n) is 11.5. The number of anilines is 2. The molecular formula is C24H33N5O3. The molecule has 8 heteroatoms. The van der Waals surface area contributed by atoms with Crippen molar-refractivity contribution < 1.29 is 14.3 Å². The molecule has 2 saturated heterocycles. The zero-order valence-electron chi connectivity index (χ0n) is 19.0. The normalized spacial score (nSPS) is 17.2. The van der Waals surface area contributed by atoms with Crippen LogP contribution in [0, 0.1) is 5.92 Å². The Morgan fingerprint density at radius 1 is 1.06 bits per heavy atom. The van der Waals surface area contributed by atoms with Crippen molar-refractivity contribution in [3.05, 3.63) is 36.3 Å². The minimum absolute atomic E-state index is 0.00548. The first kappa shape index (κ1) is 22.2. The van der Waals surface area contributed by atoms with E-state index in [-0.39, 0.29) is 11.8 Å². The zero-order chi connectivity index (χ0) is 22.3. The summed E-state index contributed by atoms with van der Waals surface area (Å²) >= 11 is 0. The van der Waals surface area contributed by atoms with Crippen LogP contribution in [0.3, 0.4) is 0 Å². The zero-order valence-corrected chi connectivity index (χ0v) is 19.0. The van der Waals surface area contributed by atoms with Gasteiger partial charge in [0.05, 0.1) is 26.1 Å². The quantitative estimate of drug-likeness (QED) is 0.710. The van der Waals surface area contributed by atoms with Crippen LogP contribution < -0.4 is 24.6 Å². The molecule has 0 radical (unpaired) electrons. The van der Waals surface area contributed by atoms with Crippen LogP contribution in [-0.4, -0.2) is 56.3 Å². The number of carbonyl (C=O) groups is 1. The van der Waals surface area contributed by atoms with Crippen LogP contribution in [0.2, 0.25) is 0 Å². The van der Waals surface area contributed by atoms with Crippen LogP contribution >= 0.6 is 0 Å². The average Bonchev–Trinajstić information content (AvgIpc) is 2.87. The van der Waals surface area contributed by atoms with E-state index in [4.69, 9.17) is 9.47 Å². The van der Waals surface area contributed by atoms with E-state index >= 15 is 0 Å². The Hall–Kier alpha value is -3.03. The van der Waals surface area contributed by atoms with Gasteiger partial charge in [0.25, 0.3) is 0 Å². The minimum atomic E-state index is 0.00548. The smallest absolute Gasteiger partial charge is 0.223 e. The van der Waals surface area contributed by atoms with Crippen molar-refractivity contribution in [2.24, 2.45) is 5.92 Å². The molecule has 0 aliphatic carbocycles. The summed E-state index contributed by atoms with van der Waals surface area (Å²) in [6, 6.07) is 5.70. The van der Waals surface area contributed by atoms with Gasteiger partial charge in [-0.2, -0.15) is 0 Å². The summed E-state index contributed by atoms with van der Waals surface area (Å²) in [4.78, 5) is 26.4. The van der Waals surface area contributed by atoms with Crippen LogP contribution in [0.4, 0.5) is 11.5 Å². The number of benzene rings is 1. The monoisotopic (exact) mass is 439 g/mol. The van der Waals surface area contributed by atoms with Crippen molar-refractivity contribution in [3.8, 4) is 11.5 Å². The van der Waals surface area contributed by atoms with Crippen molar-refractivity contribution in [2.75, 3.05) is 50.2 Å². The number of hydrogen-bond donors (Lipinski definition) is 1. The van der Waals surface area contributed by atoms with E-state index < -0.39 is 0 Å². The van der Waals surface area contributed by atoms with E-state index in [2.05, 4.69) is 25.1 Å². The highest BCUT2D eigenvalue weighted by Gasteiger charge is 2.28. The molecule has 0 atom stereocenters. The molecule has 1 aromatic heterocycles. The number of amides is 1. The van der Waals surface area contributed by atoms with Gasteiger partial charge < -0.3 is 24.6 Å². The Labute approximate surface area is 189 Å². The van der Waals surface area contributed by atoms with Crippen LogP contribution in [0.5, 0.6) is 11.5 Å². The SMILES string of the molecule is COc1cccc(CNC(=O)C2CCN(c3cncnc3N3CCCCC3)CC2)c1OC. The molecule has 2 fully saturated rings. The number of ether oxygens (including phenoxy) is 2. The van der Waals surface area contributed by atoms with Crippen molar-refractivity contribution in [2.45, 2.75) is 38.6 Å². The molecule has 0 saturated carbocycles. The van der Waals surface area contributed by atoms with Crippen LogP contribution in [0.15, 0.2) is 30.7 Å². The van der Waals surface area contributed by atoms with E-state index in [0.717, 1.165) is 56.1 Å². The molecule has 4 rings (SSSR count). The van der Waals surface area contributed by atoms with E-state index in [1.165, 1.54) is 19.3 Å². The lowest BCUT2D eigenvalue weighted by atomic mass is 9.95. The first-order valence-corrected chi connectivity index (χ1v) is 11.5. The van der Waals surface area contributed by atoms with E-state index in [1.807, 2.05) is 24.4 Å². The first-order chi connectivity index (χ1) is 15.7. The lowest BCUT2D eigenvalue weighted by molar-refractivity contribution is -0.125. The van der Waals surface area contributed by atoms with Gasteiger partial charge in [0.1, 0.15) is 6.33 Å². The molecule has 1 N–H and O–H groups in total. The van der Waals surface area contributed by atoms with Gasteiger partial charge in [0.2, 0.25) is 5.91 Å². The fraction of sp³-hybridized carbons (Fsp3) is 0.542. The van der Waals surface area contributed by atoms with Gasteiger partial charge in [-0.3, -0.25) is 4.79 Å². The molecule has 8 nitrogen and oxygen atoms in total. The third-order valence-electron chi connectivity index (χ3n) is 6.47. The van der Waals surface area contributed by atoms with Crippen LogP contribution in [0.1, 0.15) is 37.7 Å². The van der Waals surface area contributed by atoms with Gasteiger partial charge in [-0.25, -0.2) is 9.97 Å². The molecule has 32 heavy (non-hydrogen) atoms. The highest BCUT2D eigenvalue weighted by atomic mass is 16.5. The van der Waals surface area contributed by atoms with Gasteiger partial charge in [-0.15, -0.1) is 0 Å². The summed E-state index contributed by atoms with van der Waals surface area (Å²) in [5, 5.41) is 3.09. The molecule has 2 aliphatic rings. The molecule has 1 aromatic carbocycles. The molecule has 2 aromatic rings. The Bertz CT molecular complexity index is 908. The van der Waals surface area contributed by atoms with Crippen molar-refractivity contribution in [1.82, 2.24) is 15.3 Å². The Balaban J connectivity index is 1.34. The number of aromatic nitrogens is 2. The second-order valence-electron chi connectivity index (χ2n) is 8.41. The molecule has 172 valence electrons. The number of rotatable bonds is 7. The fourth-order valence-electron chi connectivity index (χ4n) is 4.69. The summed E-state index contributed by atoms with van der Waals surface area (Å²) < 4.78 is 10.8.